The molecule has 1 unspecified atom stereocenters. The number of hydrogen-bond acceptors (Lipinski definition) is 4. The Morgan fingerprint density at radius 2 is 2.17 bits per heavy atom. The van der Waals surface area contributed by atoms with Crippen LogP contribution < -0.4 is 5.32 Å². The predicted molar refractivity (Wildman–Crippen MR) is 72.1 cm³/mol. The van der Waals surface area contributed by atoms with Crippen LogP contribution in [0.4, 0.5) is 4.79 Å². The molecule has 0 fully saturated rings. The molecule has 0 saturated carbocycles. The number of carboxylic acids is 1. The Morgan fingerprint density at radius 3 is 2.67 bits per heavy atom. The number of amides is 2. The van der Waals surface area contributed by atoms with E-state index in [9.17, 15) is 9.59 Å². The molecule has 0 rings (SSSR count). The number of hydrogen-bond donors (Lipinski definition) is 2. The van der Waals surface area contributed by atoms with E-state index in [0.29, 0.717) is 31.9 Å². The molecule has 106 valence electrons. The maximum atomic E-state index is 11.7. The van der Waals surface area contributed by atoms with Crippen molar-refractivity contribution >= 4 is 23.8 Å². The second-order valence-corrected chi connectivity index (χ2v) is 4.73. The molecule has 2 amide bonds. The van der Waals surface area contributed by atoms with Gasteiger partial charge in [0, 0.05) is 20.2 Å². The smallest absolute Gasteiger partial charge is 0.326 e. The number of nitrogens with zero attached hydrogens (tertiary/aromatic N) is 1. The molecule has 0 radical (unpaired) electrons. The number of likely N-dealkylation sites (N-methyl/N-ethyl adjacent to an activating group) is 1. The zero-order chi connectivity index (χ0) is 14.0. The highest BCUT2D eigenvalue weighted by Gasteiger charge is 2.20. The Morgan fingerprint density at radius 1 is 1.50 bits per heavy atom. The zero-order valence-electron chi connectivity index (χ0n) is 11.1. The summed E-state index contributed by atoms with van der Waals surface area (Å²) in [5.41, 5.74) is 0. The van der Waals surface area contributed by atoms with Crippen LogP contribution in [0.1, 0.15) is 13.3 Å². The topological polar surface area (TPSA) is 78.9 Å². The average molecular weight is 278 g/mol. The summed E-state index contributed by atoms with van der Waals surface area (Å²) in [6, 6.07) is -1.22. The quantitative estimate of drug-likeness (QED) is 0.612. The van der Waals surface area contributed by atoms with E-state index in [1.807, 2.05) is 13.2 Å². The largest absolute Gasteiger partial charge is 0.480 e. The Hall–Kier alpha value is -0.950. The molecule has 0 spiro atoms. The second kappa shape index (κ2) is 10.0. The first-order chi connectivity index (χ1) is 8.52. The lowest BCUT2D eigenvalue weighted by Crippen LogP contribution is -2.47. The summed E-state index contributed by atoms with van der Waals surface area (Å²) in [6.45, 7) is 3.36. The average Bonchev–Trinajstić information content (AvgIpc) is 2.33. The molecule has 7 heteroatoms. The van der Waals surface area contributed by atoms with Crippen LogP contribution in [0.15, 0.2) is 0 Å². The summed E-state index contributed by atoms with van der Waals surface area (Å²) < 4.78 is 5.13. The van der Waals surface area contributed by atoms with Crippen molar-refractivity contribution < 1.29 is 19.4 Å². The Bertz CT molecular complexity index is 263. The van der Waals surface area contributed by atoms with Crippen molar-refractivity contribution in [1.29, 1.82) is 0 Å². The summed E-state index contributed by atoms with van der Waals surface area (Å²) in [6.07, 6.45) is 2.32. The first-order valence-electron chi connectivity index (χ1n) is 5.84. The molecule has 0 aliphatic rings. The molecule has 0 aliphatic carbocycles. The van der Waals surface area contributed by atoms with Gasteiger partial charge in [-0.2, -0.15) is 11.8 Å². The van der Waals surface area contributed by atoms with Crippen molar-refractivity contribution in [3.8, 4) is 0 Å². The van der Waals surface area contributed by atoms with E-state index >= 15 is 0 Å². The highest BCUT2D eigenvalue weighted by Crippen LogP contribution is 2.01. The SMILES string of the molecule is CCOCCN(C)C(=O)NC(CCSC)C(=O)O. The summed E-state index contributed by atoms with van der Waals surface area (Å²) in [4.78, 5) is 24.1. The van der Waals surface area contributed by atoms with E-state index in [4.69, 9.17) is 9.84 Å². The molecular weight excluding hydrogens is 256 g/mol. The molecule has 2 N–H and O–H groups in total. The minimum absolute atomic E-state index is 0.386. The summed E-state index contributed by atoms with van der Waals surface area (Å²) in [5.74, 6) is -0.310. The number of carboxylic acid groups (broad SMARTS) is 1. The fourth-order valence-electron chi connectivity index (χ4n) is 1.20. The molecular formula is C11H22N2O4S. The number of aliphatic carboxylic acids is 1. The monoisotopic (exact) mass is 278 g/mol. The minimum Gasteiger partial charge on any atom is -0.480 e. The summed E-state index contributed by atoms with van der Waals surface area (Å²) in [7, 11) is 1.61. The van der Waals surface area contributed by atoms with Crippen molar-refractivity contribution in [1.82, 2.24) is 10.2 Å². The van der Waals surface area contributed by atoms with Gasteiger partial charge < -0.3 is 20.1 Å². The molecule has 0 bridgehead atoms. The predicted octanol–water partition coefficient (Wildman–Crippen LogP) is 0.871. The van der Waals surface area contributed by atoms with Gasteiger partial charge in [-0.15, -0.1) is 0 Å². The first kappa shape index (κ1) is 17.1. The normalized spacial score (nSPS) is 11.9. The van der Waals surface area contributed by atoms with E-state index in [1.54, 1.807) is 18.8 Å². The highest BCUT2D eigenvalue weighted by atomic mass is 32.2. The molecule has 0 aromatic carbocycles. The summed E-state index contributed by atoms with van der Waals surface area (Å²) in [5, 5.41) is 11.5. The van der Waals surface area contributed by atoms with Crippen LogP contribution in [0.5, 0.6) is 0 Å². The number of rotatable bonds is 9. The van der Waals surface area contributed by atoms with Crippen LogP contribution >= 0.6 is 11.8 Å². The van der Waals surface area contributed by atoms with Gasteiger partial charge in [-0.25, -0.2) is 9.59 Å². The van der Waals surface area contributed by atoms with Crippen molar-refractivity contribution in [3.63, 3.8) is 0 Å². The van der Waals surface area contributed by atoms with Gasteiger partial charge in [-0.1, -0.05) is 0 Å². The van der Waals surface area contributed by atoms with Gasteiger partial charge in [0.05, 0.1) is 6.61 Å². The Balaban J connectivity index is 4.10. The third-order valence-electron chi connectivity index (χ3n) is 2.33. The van der Waals surface area contributed by atoms with Crippen molar-refractivity contribution in [2.24, 2.45) is 0 Å². The van der Waals surface area contributed by atoms with Gasteiger partial charge in [0.25, 0.3) is 0 Å². The standard InChI is InChI=1S/C11H22N2O4S/c1-4-17-7-6-13(2)11(16)12-9(10(14)15)5-8-18-3/h9H,4-8H2,1-3H3,(H,12,16)(H,14,15). The van der Waals surface area contributed by atoms with Gasteiger partial charge in [0.1, 0.15) is 6.04 Å². The van der Waals surface area contributed by atoms with Crippen molar-refractivity contribution in [2.75, 3.05) is 38.8 Å². The number of ether oxygens (including phenoxy) is 1. The highest BCUT2D eigenvalue weighted by molar-refractivity contribution is 7.98. The third kappa shape index (κ3) is 7.39. The third-order valence-corrected chi connectivity index (χ3v) is 2.97. The number of nitrogens with one attached hydrogen (secondary N) is 1. The number of carbonyl (C=O) groups excluding carboxylic acids is 1. The molecule has 1 atom stereocenters. The van der Waals surface area contributed by atoms with Crippen LogP contribution in [0.25, 0.3) is 0 Å². The lowest BCUT2D eigenvalue weighted by molar-refractivity contribution is -0.139. The molecule has 6 nitrogen and oxygen atoms in total. The van der Waals surface area contributed by atoms with Gasteiger partial charge in [0.15, 0.2) is 0 Å². The van der Waals surface area contributed by atoms with E-state index < -0.39 is 12.0 Å². The van der Waals surface area contributed by atoms with Crippen LogP contribution in [0, 0.1) is 0 Å². The minimum atomic E-state index is -1.00. The van der Waals surface area contributed by atoms with Crippen LogP contribution in [-0.2, 0) is 9.53 Å². The van der Waals surface area contributed by atoms with Gasteiger partial charge in [-0.3, -0.25) is 0 Å². The number of urea groups is 1. The lowest BCUT2D eigenvalue weighted by Gasteiger charge is -2.21. The van der Waals surface area contributed by atoms with Crippen LogP contribution in [-0.4, -0.2) is 66.9 Å². The molecule has 0 aliphatic heterocycles. The number of carbonyl (C=O) groups is 2. The van der Waals surface area contributed by atoms with Crippen LogP contribution in [0.2, 0.25) is 0 Å². The lowest BCUT2D eigenvalue weighted by atomic mass is 10.2. The summed E-state index contributed by atoms with van der Waals surface area (Å²) >= 11 is 1.55. The zero-order valence-corrected chi connectivity index (χ0v) is 12.0. The fourth-order valence-corrected chi connectivity index (χ4v) is 1.67. The fraction of sp³-hybridized carbons (Fsp3) is 0.818. The second-order valence-electron chi connectivity index (χ2n) is 3.74. The molecule has 0 saturated heterocycles. The molecule has 0 aromatic rings. The molecule has 0 heterocycles. The van der Waals surface area contributed by atoms with E-state index in [-0.39, 0.29) is 6.03 Å². The molecule has 18 heavy (non-hydrogen) atoms. The maximum absolute atomic E-state index is 11.7. The van der Waals surface area contributed by atoms with E-state index in [1.165, 1.54) is 4.90 Å². The van der Waals surface area contributed by atoms with Crippen molar-refractivity contribution in [2.45, 2.75) is 19.4 Å². The van der Waals surface area contributed by atoms with Crippen LogP contribution in [0.3, 0.4) is 0 Å². The Kier molecular flexibility index (Phi) is 9.49. The maximum Gasteiger partial charge on any atom is 0.326 e. The molecule has 0 aromatic heterocycles. The Labute approximate surface area is 112 Å². The number of thioether (sulfide) groups is 1. The van der Waals surface area contributed by atoms with E-state index in [0.717, 1.165) is 0 Å². The van der Waals surface area contributed by atoms with E-state index in [2.05, 4.69) is 5.32 Å². The van der Waals surface area contributed by atoms with Gasteiger partial charge >= 0.3 is 12.0 Å². The van der Waals surface area contributed by atoms with Crippen molar-refractivity contribution in [3.05, 3.63) is 0 Å². The van der Waals surface area contributed by atoms with Gasteiger partial charge in [0.2, 0.25) is 0 Å². The van der Waals surface area contributed by atoms with Gasteiger partial charge in [-0.05, 0) is 25.4 Å². The first-order valence-corrected chi connectivity index (χ1v) is 7.23.